The molecule has 0 saturated heterocycles. The summed E-state index contributed by atoms with van der Waals surface area (Å²) >= 11 is 5.13. The van der Waals surface area contributed by atoms with E-state index in [1.807, 2.05) is 6.92 Å². The summed E-state index contributed by atoms with van der Waals surface area (Å²) in [5, 5.41) is 23.6. The second-order valence-electron chi connectivity index (χ2n) is 5.96. The zero-order chi connectivity index (χ0) is 22.1. The highest BCUT2D eigenvalue weighted by atomic mass is 32.1. The number of nitro benzene ring substituents is 1. The van der Waals surface area contributed by atoms with Crippen LogP contribution in [0.25, 0.3) is 0 Å². The third-order valence-electron chi connectivity index (χ3n) is 3.62. The van der Waals surface area contributed by atoms with Gasteiger partial charge in [0.1, 0.15) is 0 Å². The maximum atomic E-state index is 12.4. The largest absolute Gasteiger partial charge is 0.363 e. The van der Waals surface area contributed by atoms with Gasteiger partial charge in [-0.3, -0.25) is 25.1 Å². The molecule has 10 nitrogen and oxygen atoms in total. The molecule has 0 heterocycles. The summed E-state index contributed by atoms with van der Waals surface area (Å²) in [5.74, 6) is -1.37. The van der Waals surface area contributed by atoms with Crippen molar-refractivity contribution >= 4 is 57.5 Å². The fraction of sp³-hybridized carbons (Fsp3) is 0.158. The predicted molar refractivity (Wildman–Crippen MR) is 120 cm³/mol. The quantitative estimate of drug-likeness (QED) is 0.166. The second kappa shape index (κ2) is 10.6. The molecule has 30 heavy (non-hydrogen) atoms. The first-order chi connectivity index (χ1) is 14.3. The number of hydrogen-bond acceptors (Lipinski definition) is 7. The smallest absolute Gasteiger partial charge is 0.279 e. The maximum absolute atomic E-state index is 12.4. The van der Waals surface area contributed by atoms with Gasteiger partial charge in [-0.05, 0) is 43.4 Å². The maximum Gasteiger partial charge on any atom is 0.279 e. The Morgan fingerprint density at radius 1 is 1.07 bits per heavy atom. The van der Waals surface area contributed by atoms with Crippen LogP contribution < -0.4 is 21.4 Å². The van der Waals surface area contributed by atoms with E-state index < -0.39 is 16.6 Å². The van der Waals surface area contributed by atoms with Gasteiger partial charge >= 0.3 is 0 Å². The van der Waals surface area contributed by atoms with Crippen LogP contribution >= 0.6 is 12.2 Å². The molecular formula is C19H20N6O4S. The van der Waals surface area contributed by atoms with Gasteiger partial charge in [0.2, 0.25) is 0 Å². The van der Waals surface area contributed by atoms with Crippen molar-refractivity contribution in [2.24, 2.45) is 5.10 Å². The van der Waals surface area contributed by atoms with Gasteiger partial charge in [0.05, 0.1) is 10.6 Å². The van der Waals surface area contributed by atoms with Gasteiger partial charge in [0, 0.05) is 37.0 Å². The van der Waals surface area contributed by atoms with E-state index in [0.717, 1.165) is 0 Å². The molecule has 0 aromatic heterocycles. The number of Topliss-reactive ketones (excluding diaryl/α,β-unsaturated/α-hetero) is 1. The molecule has 0 saturated carbocycles. The summed E-state index contributed by atoms with van der Waals surface area (Å²) in [6, 6.07) is 12.3. The zero-order valence-electron chi connectivity index (χ0n) is 16.3. The molecule has 156 valence electrons. The van der Waals surface area contributed by atoms with Gasteiger partial charge in [0.25, 0.3) is 11.6 Å². The van der Waals surface area contributed by atoms with Crippen LogP contribution in [-0.4, -0.2) is 34.0 Å². The Bertz CT molecular complexity index is 1010. The molecule has 0 aliphatic heterocycles. The average molecular weight is 428 g/mol. The first-order valence-corrected chi connectivity index (χ1v) is 9.26. The molecule has 0 radical (unpaired) electrons. The van der Waals surface area contributed by atoms with Gasteiger partial charge in [-0.1, -0.05) is 12.1 Å². The van der Waals surface area contributed by atoms with E-state index in [1.165, 1.54) is 31.2 Å². The van der Waals surface area contributed by atoms with Crippen LogP contribution in [0.4, 0.5) is 22.7 Å². The number of benzene rings is 2. The van der Waals surface area contributed by atoms with Crippen molar-refractivity contribution in [1.82, 2.24) is 5.32 Å². The third-order valence-corrected chi connectivity index (χ3v) is 3.86. The van der Waals surface area contributed by atoms with E-state index in [4.69, 9.17) is 12.2 Å². The fourth-order valence-corrected chi connectivity index (χ4v) is 2.56. The van der Waals surface area contributed by atoms with Crippen LogP contribution in [-0.2, 0) is 9.59 Å². The molecule has 0 bridgehead atoms. The number of ketones is 1. The Hall–Kier alpha value is -3.86. The van der Waals surface area contributed by atoms with Crippen molar-refractivity contribution in [2.45, 2.75) is 13.8 Å². The predicted octanol–water partition coefficient (Wildman–Crippen LogP) is 2.90. The molecule has 0 aliphatic carbocycles. The normalized spacial score (nSPS) is 10.7. The fourth-order valence-electron chi connectivity index (χ4n) is 2.30. The number of carbonyl (C=O) groups is 2. The van der Waals surface area contributed by atoms with E-state index in [2.05, 4.69) is 26.5 Å². The second-order valence-corrected chi connectivity index (χ2v) is 6.36. The SMILES string of the molecule is CCNC(=S)Nc1cccc(N/N=C(/C(C)=O)C(=O)Nc2cccc([N+](=O)[O-])c2)c1. The number of rotatable bonds is 8. The Morgan fingerprint density at radius 3 is 2.33 bits per heavy atom. The van der Waals surface area contributed by atoms with E-state index in [0.29, 0.717) is 23.0 Å². The highest BCUT2D eigenvalue weighted by Crippen LogP contribution is 2.17. The van der Waals surface area contributed by atoms with Crippen molar-refractivity contribution in [2.75, 3.05) is 22.6 Å². The van der Waals surface area contributed by atoms with Gasteiger partial charge in [-0.2, -0.15) is 5.10 Å². The molecule has 0 atom stereocenters. The van der Waals surface area contributed by atoms with Crippen LogP contribution in [0.3, 0.4) is 0 Å². The lowest BCUT2D eigenvalue weighted by Crippen LogP contribution is -2.29. The number of nitro groups is 1. The van der Waals surface area contributed by atoms with E-state index >= 15 is 0 Å². The van der Waals surface area contributed by atoms with Crippen LogP contribution in [0.2, 0.25) is 0 Å². The van der Waals surface area contributed by atoms with Gasteiger partial charge < -0.3 is 16.0 Å². The Morgan fingerprint density at radius 2 is 1.70 bits per heavy atom. The molecule has 2 aromatic carbocycles. The van der Waals surface area contributed by atoms with Crippen molar-refractivity contribution in [3.8, 4) is 0 Å². The molecule has 1 amide bonds. The number of nitrogens with zero attached hydrogens (tertiary/aromatic N) is 2. The zero-order valence-corrected chi connectivity index (χ0v) is 17.1. The van der Waals surface area contributed by atoms with Crippen LogP contribution in [0.1, 0.15) is 13.8 Å². The summed E-state index contributed by atoms with van der Waals surface area (Å²) in [7, 11) is 0. The van der Waals surface area contributed by atoms with E-state index in [9.17, 15) is 19.7 Å². The summed E-state index contributed by atoms with van der Waals surface area (Å²) in [5.41, 5.74) is 3.46. The standard InChI is InChI=1S/C19H20N6O4S/c1-3-20-19(30)22-13-6-4-8-15(10-13)23-24-17(12(2)26)18(27)21-14-7-5-9-16(11-14)25(28)29/h4-11,23H,3H2,1-2H3,(H,21,27)(H2,20,22,30)/b24-17-. The Balaban J connectivity index is 2.13. The van der Waals surface area contributed by atoms with E-state index in [1.54, 1.807) is 24.3 Å². The van der Waals surface area contributed by atoms with Crippen molar-refractivity contribution in [3.05, 3.63) is 58.6 Å². The first-order valence-electron chi connectivity index (χ1n) is 8.85. The molecule has 2 rings (SSSR count). The van der Waals surface area contributed by atoms with Crippen molar-refractivity contribution in [1.29, 1.82) is 0 Å². The molecule has 11 heteroatoms. The minimum absolute atomic E-state index is 0.172. The van der Waals surface area contributed by atoms with Crippen LogP contribution in [0.15, 0.2) is 53.6 Å². The first kappa shape index (κ1) is 22.4. The number of nitrogens with one attached hydrogen (secondary N) is 4. The molecule has 0 unspecified atom stereocenters. The van der Waals surface area contributed by atoms with E-state index in [-0.39, 0.29) is 17.1 Å². The molecule has 0 aliphatic rings. The number of hydrogen-bond donors (Lipinski definition) is 4. The Kier molecular flexibility index (Phi) is 7.94. The number of carbonyl (C=O) groups excluding carboxylic acids is 2. The topological polar surface area (TPSA) is 138 Å². The number of thiocarbonyl (C=S) groups is 1. The molecule has 4 N–H and O–H groups in total. The van der Waals surface area contributed by atoms with Crippen LogP contribution in [0, 0.1) is 10.1 Å². The summed E-state index contributed by atoms with van der Waals surface area (Å²) in [4.78, 5) is 34.6. The van der Waals surface area contributed by atoms with Gasteiger partial charge in [-0.15, -0.1) is 0 Å². The number of anilines is 3. The summed E-state index contributed by atoms with van der Waals surface area (Å²) in [6.45, 7) is 3.79. The highest BCUT2D eigenvalue weighted by Gasteiger charge is 2.18. The van der Waals surface area contributed by atoms with Gasteiger partial charge in [-0.25, -0.2) is 0 Å². The average Bonchev–Trinajstić information content (AvgIpc) is 2.68. The summed E-state index contributed by atoms with van der Waals surface area (Å²) in [6.07, 6.45) is 0. The van der Waals surface area contributed by atoms with Crippen LogP contribution in [0.5, 0.6) is 0 Å². The third kappa shape index (κ3) is 6.63. The van der Waals surface area contributed by atoms with Gasteiger partial charge in [0.15, 0.2) is 16.6 Å². The van der Waals surface area contributed by atoms with Crippen molar-refractivity contribution < 1.29 is 14.5 Å². The van der Waals surface area contributed by atoms with Crippen molar-refractivity contribution in [3.63, 3.8) is 0 Å². The lowest BCUT2D eigenvalue weighted by Gasteiger charge is -2.10. The lowest BCUT2D eigenvalue weighted by molar-refractivity contribution is -0.384. The number of non-ortho nitro benzene ring substituents is 1. The monoisotopic (exact) mass is 428 g/mol. The molecular weight excluding hydrogens is 408 g/mol. The summed E-state index contributed by atoms with van der Waals surface area (Å²) < 4.78 is 0. The Labute approximate surface area is 177 Å². The number of amides is 1. The highest BCUT2D eigenvalue weighted by molar-refractivity contribution is 7.80. The molecule has 0 fully saturated rings. The molecule has 2 aromatic rings. The molecule has 0 spiro atoms. The minimum Gasteiger partial charge on any atom is -0.363 e. The number of hydrazone groups is 1. The lowest BCUT2D eigenvalue weighted by atomic mass is 10.2. The minimum atomic E-state index is -0.793.